The average Bonchev–Trinajstić information content (AvgIpc) is 2.69. The predicted octanol–water partition coefficient (Wildman–Crippen LogP) is 3.02. The number of carbonyl (C=O) groups excluding carboxylic acids is 1. The van der Waals surface area contributed by atoms with Gasteiger partial charge in [-0.15, -0.1) is 11.8 Å². The molecule has 2 rings (SSSR count). The van der Waals surface area contributed by atoms with Gasteiger partial charge < -0.3 is 9.47 Å². The van der Waals surface area contributed by atoms with Crippen molar-refractivity contribution in [1.29, 1.82) is 0 Å². The molecule has 0 heterocycles. The van der Waals surface area contributed by atoms with E-state index in [0.717, 1.165) is 10.5 Å². The molecular formula is C19H21NO6S2. The third kappa shape index (κ3) is 6.08. The molecule has 0 amide bonds. The second-order valence-electron chi connectivity index (χ2n) is 5.64. The van der Waals surface area contributed by atoms with Crippen LogP contribution in [0.3, 0.4) is 0 Å². The normalized spacial score (nSPS) is 11.9. The number of rotatable bonds is 9. The number of ether oxygens (including phenoxy) is 2. The first-order valence-electron chi connectivity index (χ1n) is 8.26. The van der Waals surface area contributed by atoms with Crippen LogP contribution < -0.4 is 0 Å². The first kappa shape index (κ1) is 21.9. The highest BCUT2D eigenvalue weighted by atomic mass is 32.2. The molecule has 7 nitrogen and oxygen atoms in total. The third-order valence-electron chi connectivity index (χ3n) is 3.61. The zero-order valence-corrected chi connectivity index (χ0v) is 17.4. The van der Waals surface area contributed by atoms with E-state index in [0.29, 0.717) is 5.56 Å². The fourth-order valence-electron chi connectivity index (χ4n) is 2.08. The lowest BCUT2D eigenvalue weighted by Gasteiger charge is -2.08. The van der Waals surface area contributed by atoms with Crippen LogP contribution in [0.1, 0.15) is 11.1 Å². The Hall–Kier alpha value is -2.36. The highest BCUT2D eigenvalue weighted by Gasteiger charge is 2.21. The molecule has 0 bridgehead atoms. The van der Waals surface area contributed by atoms with E-state index in [1.807, 2.05) is 13.2 Å². The number of nitrogens with zero attached hydrogens (tertiary/aromatic N) is 1. The number of hydrogen-bond donors (Lipinski definition) is 0. The zero-order chi connectivity index (χ0) is 20.6. The zero-order valence-electron chi connectivity index (χ0n) is 15.7. The molecule has 0 unspecified atom stereocenters. The minimum absolute atomic E-state index is 0.00195. The molecule has 2 aromatic carbocycles. The van der Waals surface area contributed by atoms with E-state index in [1.165, 1.54) is 31.0 Å². The summed E-state index contributed by atoms with van der Waals surface area (Å²) >= 11 is 1.53. The number of aryl methyl sites for hydroxylation is 1. The smallest absolute Gasteiger partial charge is 0.361 e. The summed E-state index contributed by atoms with van der Waals surface area (Å²) < 4.78 is 39.4. The summed E-state index contributed by atoms with van der Waals surface area (Å²) in [6.07, 6.45) is 1.92. The van der Waals surface area contributed by atoms with Crippen molar-refractivity contribution in [2.45, 2.75) is 16.7 Å². The molecule has 0 spiro atoms. The van der Waals surface area contributed by atoms with Crippen LogP contribution >= 0.6 is 11.8 Å². The van der Waals surface area contributed by atoms with Crippen LogP contribution in [0.2, 0.25) is 0 Å². The van der Waals surface area contributed by atoms with Crippen LogP contribution in [0, 0.1) is 6.92 Å². The van der Waals surface area contributed by atoms with Gasteiger partial charge in [-0.1, -0.05) is 35.0 Å². The average molecular weight is 424 g/mol. The summed E-state index contributed by atoms with van der Waals surface area (Å²) in [5, 5.41) is 3.61. The molecule has 28 heavy (non-hydrogen) atoms. The molecule has 0 saturated carbocycles. The van der Waals surface area contributed by atoms with Crippen molar-refractivity contribution in [3.05, 3.63) is 59.7 Å². The van der Waals surface area contributed by atoms with E-state index in [9.17, 15) is 13.2 Å². The Morgan fingerprint density at radius 3 is 2.25 bits per heavy atom. The minimum atomic E-state index is -4.18. The molecule has 0 aromatic heterocycles. The molecule has 150 valence electrons. The van der Waals surface area contributed by atoms with Gasteiger partial charge in [0, 0.05) is 17.6 Å². The van der Waals surface area contributed by atoms with Crippen LogP contribution in [0.4, 0.5) is 0 Å². The highest BCUT2D eigenvalue weighted by molar-refractivity contribution is 7.98. The van der Waals surface area contributed by atoms with Crippen LogP contribution in [0.15, 0.2) is 63.5 Å². The van der Waals surface area contributed by atoms with Crippen molar-refractivity contribution in [2.75, 3.05) is 26.6 Å². The monoisotopic (exact) mass is 423 g/mol. The molecule has 0 aliphatic heterocycles. The minimum Gasteiger partial charge on any atom is -0.458 e. The molecule has 0 N–H and O–H groups in total. The van der Waals surface area contributed by atoms with Crippen LogP contribution in [0.5, 0.6) is 0 Å². The first-order chi connectivity index (χ1) is 13.4. The number of benzene rings is 2. The van der Waals surface area contributed by atoms with Gasteiger partial charge in [-0.25, -0.2) is 4.79 Å². The van der Waals surface area contributed by atoms with E-state index in [-0.39, 0.29) is 23.8 Å². The first-order valence-corrected chi connectivity index (χ1v) is 10.9. The van der Waals surface area contributed by atoms with Gasteiger partial charge in [0.25, 0.3) is 0 Å². The summed E-state index contributed by atoms with van der Waals surface area (Å²) in [4.78, 5) is 13.3. The fourth-order valence-corrected chi connectivity index (χ4v) is 3.21. The summed E-state index contributed by atoms with van der Waals surface area (Å²) in [6.45, 7) is 2.04. The van der Waals surface area contributed by atoms with Gasteiger partial charge in [0.15, 0.2) is 5.71 Å². The Labute approximate surface area is 168 Å². The molecule has 2 aromatic rings. The lowest BCUT2D eigenvalue weighted by Crippen LogP contribution is -2.22. The molecule has 0 atom stereocenters. The number of esters is 1. The van der Waals surface area contributed by atoms with E-state index in [2.05, 4.69) is 5.16 Å². The lowest BCUT2D eigenvalue weighted by atomic mass is 10.1. The Balaban J connectivity index is 2.30. The maximum Gasteiger partial charge on any atom is 0.361 e. The number of hydrogen-bond acceptors (Lipinski definition) is 8. The number of thioether (sulfide) groups is 1. The van der Waals surface area contributed by atoms with Gasteiger partial charge in [-0.3, -0.25) is 4.28 Å². The highest BCUT2D eigenvalue weighted by Crippen LogP contribution is 2.17. The van der Waals surface area contributed by atoms with E-state index in [4.69, 9.17) is 13.8 Å². The van der Waals surface area contributed by atoms with E-state index < -0.39 is 16.1 Å². The maximum absolute atomic E-state index is 12.4. The molecular weight excluding hydrogens is 402 g/mol. The number of carbonyl (C=O) groups is 1. The fraction of sp³-hybridized carbons (Fsp3) is 0.263. The SMILES string of the molecule is COCCOC(=O)C(=NOS(=O)(=O)c1ccc(C)cc1)c1ccc(SC)cc1. The van der Waals surface area contributed by atoms with E-state index in [1.54, 1.807) is 36.4 Å². The topological polar surface area (TPSA) is 91.3 Å². The second kappa shape index (κ2) is 10.3. The van der Waals surface area contributed by atoms with Crippen LogP contribution in [-0.4, -0.2) is 46.7 Å². The molecule has 0 saturated heterocycles. The quantitative estimate of drug-likeness (QED) is 0.201. The van der Waals surface area contributed by atoms with Crippen molar-refractivity contribution >= 4 is 33.6 Å². The molecule has 0 aliphatic carbocycles. The van der Waals surface area contributed by atoms with Gasteiger partial charge in [0.1, 0.15) is 11.5 Å². The Bertz CT molecular complexity index is 922. The Morgan fingerprint density at radius 1 is 1.04 bits per heavy atom. The molecule has 0 aliphatic rings. The second-order valence-corrected chi connectivity index (χ2v) is 8.05. The number of methoxy groups -OCH3 is 1. The summed E-state index contributed by atoms with van der Waals surface area (Å²) in [5.41, 5.74) is 1.03. The maximum atomic E-state index is 12.4. The predicted molar refractivity (Wildman–Crippen MR) is 107 cm³/mol. The molecule has 9 heteroatoms. The Kier molecular flexibility index (Phi) is 8.04. The van der Waals surface area contributed by atoms with Crippen molar-refractivity contribution in [1.82, 2.24) is 0 Å². The van der Waals surface area contributed by atoms with Gasteiger partial charge in [-0.05, 0) is 37.4 Å². The summed E-state index contributed by atoms with van der Waals surface area (Å²) in [5.74, 6) is -0.812. The van der Waals surface area contributed by atoms with Crippen molar-refractivity contribution in [2.24, 2.45) is 5.16 Å². The summed E-state index contributed by atoms with van der Waals surface area (Å²) in [6, 6.07) is 12.9. The Morgan fingerprint density at radius 2 is 1.68 bits per heavy atom. The van der Waals surface area contributed by atoms with Gasteiger partial charge in [0.05, 0.1) is 6.61 Å². The largest absolute Gasteiger partial charge is 0.458 e. The summed E-state index contributed by atoms with van der Waals surface area (Å²) in [7, 11) is -2.70. The molecule has 0 radical (unpaired) electrons. The standard InChI is InChI=1S/C19H21NO6S2/c1-14-4-10-17(11-5-14)28(22,23)26-20-18(19(21)25-13-12-24-2)15-6-8-16(27-3)9-7-15/h4-11H,12-13H2,1-3H3. The van der Waals surface area contributed by atoms with E-state index >= 15 is 0 Å². The third-order valence-corrected chi connectivity index (χ3v) is 5.48. The van der Waals surface area contributed by atoms with Gasteiger partial charge in [-0.2, -0.15) is 8.42 Å². The van der Waals surface area contributed by atoms with Gasteiger partial charge in [0.2, 0.25) is 0 Å². The number of oxime groups is 1. The lowest BCUT2D eigenvalue weighted by molar-refractivity contribution is -0.136. The van der Waals surface area contributed by atoms with Crippen LogP contribution in [0.25, 0.3) is 0 Å². The van der Waals surface area contributed by atoms with Gasteiger partial charge >= 0.3 is 16.1 Å². The van der Waals surface area contributed by atoms with Crippen LogP contribution in [-0.2, 0) is 28.7 Å². The van der Waals surface area contributed by atoms with Crippen molar-refractivity contribution in [3.8, 4) is 0 Å². The molecule has 0 fully saturated rings. The van der Waals surface area contributed by atoms with Crippen molar-refractivity contribution < 1.29 is 27.0 Å². The van der Waals surface area contributed by atoms with Crippen molar-refractivity contribution in [3.63, 3.8) is 0 Å².